The zero-order valence-electron chi connectivity index (χ0n) is 9.36. The highest BCUT2D eigenvalue weighted by Gasteiger charge is 2.12. The van der Waals surface area contributed by atoms with Crippen molar-refractivity contribution < 1.29 is 5.11 Å². The molecule has 0 aliphatic rings. The van der Waals surface area contributed by atoms with Crippen LogP contribution < -0.4 is 4.90 Å². The topological polar surface area (TPSA) is 23.5 Å². The van der Waals surface area contributed by atoms with Gasteiger partial charge in [-0.15, -0.1) is 0 Å². The average molecular weight is 193 g/mol. The second-order valence-corrected chi connectivity index (χ2v) is 3.94. The fraction of sp³-hybridized carbons (Fsp3) is 0.500. The molecule has 0 radical (unpaired) electrons. The van der Waals surface area contributed by atoms with Gasteiger partial charge in [-0.1, -0.05) is 18.2 Å². The van der Waals surface area contributed by atoms with Gasteiger partial charge in [0.1, 0.15) is 0 Å². The fourth-order valence-electron chi connectivity index (χ4n) is 1.44. The van der Waals surface area contributed by atoms with Gasteiger partial charge in [0, 0.05) is 24.3 Å². The van der Waals surface area contributed by atoms with Gasteiger partial charge in [0.2, 0.25) is 0 Å². The zero-order chi connectivity index (χ0) is 10.7. The third kappa shape index (κ3) is 2.26. The van der Waals surface area contributed by atoms with E-state index >= 15 is 0 Å². The highest BCUT2D eigenvalue weighted by molar-refractivity contribution is 5.54. The minimum absolute atomic E-state index is 0.410. The summed E-state index contributed by atoms with van der Waals surface area (Å²) in [7, 11) is 2.05. The van der Waals surface area contributed by atoms with Crippen molar-refractivity contribution in [3.63, 3.8) is 0 Å². The van der Waals surface area contributed by atoms with Crippen LogP contribution in [0.25, 0.3) is 0 Å². The lowest BCUT2D eigenvalue weighted by Gasteiger charge is -2.27. The van der Waals surface area contributed by atoms with Gasteiger partial charge < -0.3 is 10.0 Å². The lowest BCUT2D eigenvalue weighted by atomic mass is 10.1. The molecule has 0 heterocycles. The lowest BCUT2D eigenvalue weighted by molar-refractivity contribution is 0.199. The van der Waals surface area contributed by atoms with Crippen LogP contribution in [0, 0.1) is 0 Å². The SMILES string of the molecule is CC(O)c1ccccc1N(C)C(C)C. The first-order valence-corrected chi connectivity index (χ1v) is 5.04. The number of hydrogen-bond donors (Lipinski definition) is 1. The maximum atomic E-state index is 9.61. The molecule has 0 fully saturated rings. The van der Waals surface area contributed by atoms with Gasteiger partial charge in [0.15, 0.2) is 0 Å². The van der Waals surface area contributed by atoms with Gasteiger partial charge >= 0.3 is 0 Å². The molecule has 1 rings (SSSR count). The number of aliphatic hydroxyl groups excluding tert-OH is 1. The summed E-state index contributed by atoms with van der Waals surface area (Å²) < 4.78 is 0. The summed E-state index contributed by atoms with van der Waals surface area (Å²) in [5, 5.41) is 9.61. The van der Waals surface area contributed by atoms with E-state index in [4.69, 9.17) is 0 Å². The quantitative estimate of drug-likeness (QED) is 0.797. The molecule has 0 aromatic heterocycles. The first-order valence-electron chi connectivity index (χ1n) is 5.04. The van der Waals surface area contributed by atoms with Crippen molar-refractivity contribution in [3.05, 3.63) is 29.8 Å². The Kier molecular flexibility index (Phi) is 3.53. The van der Waals surface area contributed by atoms with E-state index in [-0.39, 0.29) is 0 Å². The van der Waals surface area contributed by atoms with Crippen LogP contribution in [-0.4, -0.2) is 18.2 Å². The van der Waals surface area contributed by atoms with Gasteiger partial charge in [-0.3, -0.25) is 0 Å². The molecule has 0 aliphatic heterocycles. The standard InChI is InChI=1S/C12H19NO/c1-9(2)13(4)12-8-6-5-7-11(12)10(3)14/h5-10,14H,1-4H3. The number of hydrogen-bond acceptors (Lipinski definition) is 2. The summed E-state index contributed by atoms with van der Waals surface area (Å²) in [4.78, 5) is 2.17. The molecule has 0 bridgehead atoms. The Labute approximate surface area is 86.2 Å². The largest absolute Gasteiger partial charge is 0.389 e. The Bertz CT molecular complexity index is 294. The van der Waals surface area contributed by atoms with Gasteiger partial charge in [-0.2, -0.15) is 0 Å². The minimum atomic E-state index is -0.410. The van der Waals surface area contributed by atoms with E-state index in [1.807, 2.05) is 31.3 Å². The predicted octanol–water partition coefficient (Wildman–Crippen LogP) is 2.58. The van der Waals surface area contributed by atoms with Crippen molar-refractivity contribution in [2.45, 2.75) is 32.9 Å². The van der Waals surface area contributed by atoms with Crippen molar-refractivity contribution >= 4 is 5.69 Å². The first-order chi connectivity index (χ1) is 6.54. The predicted molar refractivity (Wildman–Crippen MR) is 60.6 cm³/mol. The minimum Gasteiger partial charge on any atom is -0.389 e. The van der Waals surface area contributed by atoms with E-state index in [2.05, 4.69) is 18.7 Å². The molecule has 1 N–H and O–H groups in total. The van der Waals surface area contributed by atoms with Gasteiger partial charge in [0.25, 0.3) is 0 Å². The number of nitrogens with zero attached hydrogens (tertiary/aromatic N) is 1. The fourth-order valence-corrected chi connectivity index (χ4v) is 1.44. The van der Waals surface area contributed by atoms with E-state index in [0.717, 1.165) is 11.3 Å². The van der Waals surface area contributed by atoms with Crippen LogP contribution in [0.3, 0.4) is 0 Å². The summed E-state index contributed by atoms with van der Waals surface area (Å²) in [6.07, 6.45) is -0.410. The van der Waals surface area contributed by atoms with Gasteiger partial charge in [0.05, 0.1) is 6.10 Å². The Morgan fingerprint density at radius 2 is 1.71 bits per heavy atom. The molecular weight excluding hydrogens is 174 g/mol. The molecule has 1 unspecified atom stereocenters. The Balaban J connectivity index is 3.06. The molecule has 0 saturated carbocycles. The van der Waals surface area contributed by atoms with Gasteiger partial charge in [-0.25, -0.2) is 0 Å². The highest BCUT2D eigenvalue weighted by Crippen LogP contribution is 2.26. The third-order valence-corrected chi connectivity index (χ3v) is 2.54. The van der Waals surface area contributed by atoms with Crippen molar-refractivity contribution in [3.8, 4) is 0 Å². The zero-order valence-corrected chi connectivity index (χ0v) is 9.36. The molecule has 0 spiro atoms. The van der Waals surface area contributed by atoms with Crippen molar-refractivity contribution in [1.82, 2.24) is 0 Å². The highest BCUT2D eigenvalue weighted by atomic mass is 16.3. The van der Waals surface area contributed by atoms with Crippen LogP contribution in [-0.2, 0) is 0 Å². The van der Waals surface area contributed by atoms with Crippen molar-refractivity contribution in [2.75, 3.05) is 11.9 Å². The molecule has 0 saturated heterocycles. The van der Waals surface area contributed by atoms with Crippen LogP contribution in [0.2, 0.25) is 0 Å². The molecule has 78 valence electrons. The monoisotopic (exact) mass is 193 g/mol. The van der Waals surface area contributed by atoms with E-state index in [1.165, 1.54) is 0 Å². The van der Waals surface area contributed by atoms with Crippen LogP contribution >= 0.6 is 0 Å². The summed E-state index contributed by atoms with van der Waals surface area (Å²) in [6.45, 7) is 6.07. The summed E-state index contributed by atoms with van der Waals surface area (Å²) in [5.74, 6) is 0. The first kappa shape index (κ1) is 11.1. The van der Waals surface area contributed by atoms with Gasteiger partial charge in [-0.05, 0) is 26.8 Å². The summed E-state index contributed by atoms with van der Waals surface area (Å²) in [5.41, 5.74) is 2.10. The maximum Gasteiger partial charge on any atom is 0.0781 e. The Hall–Kier alpha value is -1.02. The Morgan fingerprint density at radius 1 is 1.14 bits per heavy atom. The van der Waals surface area contributed by atoms with E-state index in [1.54, 1.807) is 6.92 Å². The number of aliphatic hydroxyl groups is 1. The van der Waals surface area contributed by atoms with Crippen LogP contribution in [0.5, 0.6) is 0 Å². The molecule has 1 atom stereocenters. The molecular formula is C12H19NO. The van der Waals surface area contributed by atoms with E-state index < -0.39 is 6.10 Å². The second-order valence-electron chi connectivity index (χ2n) is 3.94. The Morgan fingerprint density at radius 3 is 2.21 bits per heavy atom. The van der Waals surface area contributed by atoms with Crippen LogP contribution in [0.15, 0.2) is 24.3 Å². The summed E-state index contributed by atoms with van der Waals surface area (Å²) in [6, 6.07) is 8.41. The molecule has 2 nitrogen and oxygen atoms in total. The van der Waals surface area contributed by atoms with E-state index in [9.17, 15) is 5.11 Å². The number of rotatable bonds is 3. The number of anilines is 1. The van der Waals surface area contributed by atoms with Crippen LogP contribution in [0.4, 0.5) is 5.69 Å². The smallest absolute Gasteiger partial charge is 0.0781 e. The maximum absolute atomic E-state index is 9.61. The molecule has 14 heavy (non-hydrogen) atoms. The average Bonchev–Trinajstić information content (AvgIpc) is 2.16. The normalized spacial score (nSPS) is 13.0. The van der Waals surface area contributed by atoms with E-state index in [0.29, 0.717) is 6.04 Å². The van der Waals surface area contributed by atoms with Crippen molar-refractivity contribution in [2.24, 2.45) is 0 Å². The molecule has 0 amide bonds. The molecule has 2 heteroatoms. The van der Waals surface area contributed by atoms with Crippen LogP contribution in [0.1, 0.15) is 32.4 Å². The molecule has 0 aliphatic carbocycles. The second kappa shape index (κ2) is 4.47. The lowest BCUT2D eigenvalue weighted by Crippen LogP contribution is -2.26. The third-order valence-electron chi connectivity index (χ3n) is 2.54. The molecule has 1 aromatic rings. The number of para-hydroxylation sites is 1. The summed E-state index contributed by atoms with van der Waals surface area (Å²) >= 11 is 0. The number of benzene rings is 1. The van der Waals surface area contributed by atoms with Crippen molar-refractivity contribution in [1.29, 1.82) is 0 Å². The molecule has 1 aromatic carbocycles.